The maximum atomic E-state index is 12.4. The summed E-state index contributed by atoms with van der Waals surface area (Å²) in [6, 6.07) is 4.17. The molecule has 4 heteroatoms. The molecule has 20 heavy (non-hydrogen) atoms. The van der Waals surface area contributed by atoms with Crippen molar-refractivity contribution in [2.45, 2.75) is 53.8 Å². The van der Waals surface area contributed by atoms with Gasteiger partial charge in [0.05, 0.1) is 6.04 Å². The number of amides is 1. The summed E-state index contributed by atoms with van der Waals surface area (Å²) in [5.74, 6) is 0.680. The Labute approximate surface area is 126 Å². The average molecular weight is 294 g/mol. The summed E-state index contributed by atoms with van der Waals surface area (Å²) in [4.78, 5) is 17.0. The van der Waals surface area contributed by atoms with E-state index in [0.29, 0.717) is 5.92 Å². The van der Waals surface area contributed by atoms with Crippen molar-refractivity contribution in [3.05, 3.63) is 21.9 Å². The van der Waals surface area contributed by atoms with Crippen molar-refractivity contribution in [3.8, 4) is 0 Å². The summed E-state index contributed by atoms with van der Waals surface area (Å²) >= 11 is 1.77. The fourth-order valence-corrected chi connectivity index (χ4v) is 3.33. The molecule has 0 aliphatic carbocycles. The first kappa shape index (κ1) is 15.5. The molecule has 0 bridgehead atoms. The van der Waals surface area contributed by atoms with Crippen LogP contribution in [0.25, 0.3) is 0 Å². The van der Waals surface area contributed by atoms with Gasteiger partial charge >= 0.3 is 0 Å². The molecule has 0 aromatic carbocycles. The number of aryl methyl sites for hydroxylation is 1. The van der Waals surface area contributed by atoms with Gasteiger partial charge in [-0.1, -0.05) is 27.7 Å². The molecule has 1 N–H and O–H groups in total. The minimum atomic E-state index is -0.0884. The molecule has 112 valence electrons. The van der Waals surface area contributed by atoms with Crippen LogP contribution in [0.4, 0.5) is 0 Å². The van der Waals surface area contributed by atoms with E-state index < -0.39 is 0 Å². The Morgan fingerprint density at radius 2 is 2.05 bits per heavy atom. The summed E-state index contributed by atoms with van der Waals surface area (Å²) in [6.45, 7) is 13.8. The monoisotopic (exact) mass is 294 g/mol. The van der Waals surface area contributed by atoms with Crippen LogP contribution in [0.3, 0.4) is 0 Å². The molecule has 1 amide bonds. The van der Waals surface area contributed by atoms with E-state index in [1.165, 1.54) is 9.75 Å². The van der Waals surface area contributed by atoms with Crippen LogP contribution in [0, 0.1) is 18.3 Å². The van der Waals surface area contributed by atoms with E-state index in [2.05, 4.69) is 52.1 Å². The van der Waals surface area contributed by atoms with Crippen molar-refractivity contribution in [3.63, 3.8) is 0 Å². The zero-order valence-electron chi connectivity index (χ0n) is 13.4. The molecule has 3 nitrogen and oxygen atoms in total. The maximum absolute atomic E-state index is 12.4. The number of thiophene rings is 1. The third-order valence-electron chi connectivity index (χ3n) is 4.35. The summed E-state index contributed by atoms with van der Waals surface area (Å²) in [5, 5.41) is 3.43. The molecule has 1 aliphatic rings. The number of hydrogen-bond acceptors (Lipinski definition) is 3. The van der Waals surface area contributed by atoms with E-state index in [4.69, 9.17) is 0 Å². The molecule has 1 fully saturated rings. The molecule has 1 saturated heterocycles. The number of carbonyl (C=O) groups is 1. The van der Waals surface area contributed by atoms with Crippen molar-refractivity contribution in [1.29, 1.82) is 0 Å². The third-order valence-corrected chi connectivity index (χ3v) is 5.41. The Hall–Kier alpha value is -0.870. The zero-order valence-corrected chi connectivity index (χ0v) is 14.2. The molecule has 0 saturated carbocycles. The van der Waals surface area contributed by atoms with Crippen molar-refractivity contribution < 1.29 is 4.79 Å². The summed E-state index contributed by atoms with van der Waals surface area (Å²) < 4.78 is 0. The lowest BCUT2D eigenvalue weighted by atomic mass is 9.82. The first-order valence-electron chi connectivity index (χ1n) is 7.33. The number of hydrogen-bond donors (Lipinski definition) is 1. The lowest BCUT2D eigenvalue weighted by Gasteiger charge is -2.33. The van der Waals surface area contributed by atoms with E-state index in [9.17, 15) is 4.79 Å². The minimum Gasteiger partial charge on any atom is -0.320 e. The first-order chi connectivity index (χ1) is 9.20. The van der Waals surface area contributed by atoms with Crippen molar-refractivity contribution in [1.82, 2.24) is 10.2 Å². The molecule has 3 unspecified atom stereocenters. The van der Waals surface area contributed by atoms with Crippen LogP contribution < -0.4 is 5.32 Å². The van der Waals surface area contributed by atoms with E-state index in [0.717, 1.165) is 6.54 Å². The smallest absolute Gasteiger partial charge is 0.241 e. The van der Waals surface area contributed by atoms with Gasteiger partial charge in [0.1, 0.15) is 6.17 Å². The van der Waals surface area contributed by atoms with E-state index in [-0.39, 0.29) is 23.5 Å². The minimum absolute atomic E-state index is 0.0426. The molecule has 1 aliphatic heterocycles. The van der Waals surface area contributed by atoms with Gasteiger partial charge in [-0.3, -0.25) is 10.1 Å². The van der Waals surface area contributed by atoms with Gasteiger partial charge in [0.2, 0.25) is 5.91 Å². The molecule has 0 spiro atoms. The van der Waals surface area contributed by atoms with E-state index in [1.54, 1.807) is 11.3 Å². The standard InChI is InChI=1S/C16H26N2OS/c1-10(16(4,5)6)9-18-14(17-12(3)15(18)19)13-8-7-11(2)20-13/h7-8,10,12,14,17H,9H2,1-6H3. The summed E-state index contributed by atoms with van der Waals surface area (Å²) in [5.41, 5.74) is 0.210. The van der Waals surface area contributed by atoms with Crippen LogP contribution in [-0.4, -0.2) is 23.4 Å². The Morgan fingerprint density at radius 1 is 1.40 bits per heavy atom. The van der Waals surface area contributed by atoms with Crippen LogP contribution in [0.15, 0.2) is 12.1 Å². The van der Waals surface area contributed by atoms with Gasteiger partial charge in [-0.15, -0.1) is 11.3 Å². The fourth-order valence-electron chi connectivity index (χ4n) is 2.37. The quantitative estimate of drug-likeness (QED) is 0.924. The van der Waals surface area contributed by atoms with Gasteiger partial charge in [-0.25, -0.2) is 0 Å². The zero-order chi connectivity index (χ0) is 15.1. The molecule has 1 aromatic heterocycles. The highest BCUT2D eigenvalue weighted by atomic mass is 32.1. The van der Waals surface area contributed by atoms with Crippen molar-refractivity contribution in [2.75, 3.05) is 6.54 Å². The molecule has 1 aromatic rings. The van der Waals surface area contributed by atoms with Gasteiger partial charge in [0.15, 0.2) is 0 Å². The summed E-state index contributed by atoms with van der Waals surface area (Å²) in [6.07, 6.45) is 0.0426. The Bertz CT molecular complexity index is 489. The van der Waals surface area contributed by atoms with Crippen LogP contribution in [0.5, 0.6) is 0 Å². The SMILES string of the molecule is Cc1ccc(C2NC(C)C(=O)N2CC(C)C(C)(C)C)s1. The second-order valence-corrected chi connectivity index (χ2v) is 8.32. The maximum Gasteiger partial charge on any atom is 0.241 e. The number of nitrogens with zero attached hydrogens (tertiary/aromatic N) is 1. The molecule has 2 heterocycles. The first-order valence-corrected chi connectivity index (χ1v) is 8.14. The Kier molecular flexibility index (Phi) is 4.26. The topological polar surface area (TPSA) is 32.3 Å². The largest absolute Gasteiger partial charge is 0.320 e. The number of rotatable bonds is 3. The Morgan fingerprint density at radius 3 is 2.55 bits per heavy atom. The molecular formula is C16H26N2OS. The highest BCUT2D eigenvalue weighted by molar-refractivity contribution is 7.12. The summed E-state index contributed by atoms with van der Waals surface area (Å²) in [7, 11) is 0. The predicted octanol–water partition coefficient (Wildman–Crippen LogP) is 3.56. The lowest BCUT2D eigenvalue weighted by molar-refractivity contribution is -0.130. The second kappa shape index (κ2) is 5.49. The molecule has 2 rings (SSSR count). The lowest BCUT2D eigenvalue weighted by Crippen LogP contribution is -2.37. The number of carbonyl (C=O) groups excluding carboxylic acids is 1. The van der Waals surface area contributed by atoms with E-state index >= 15 is 0 Å². The van der Waals surface area contributed by atoms with Gasteiger partial charge in [0, 0.05) is 16.3 Å². The normalized spacial score (nSPS) is 25.3. The van der Waals surface area contributed by atoms with Crippen LogP contribution >= 0.6 is 11.3 Å². The predicted molar refractivity (Wildman–Crippen MR) is 84.7 cm³/mol. The number of nitrogens with one attached hydrogen (secondary N) is 1. The van der Waals surface area contributed by atoms with E-state index in [1.807, 2.05) is 11.8 Å². The van der Waals surface area contributed by atoms with Gasteiger partial charge in [-0.2, -0.15) is 0 Å². The van der Waals surface area contributed by atoms with Crippen LogP contribution in [0.2, 0.25) is 0 Å². The van der Waals surface area contributed by atoms with Gasteiger partial charge in [-0.05, 0) is 37.3 Å². The molecule has 3 atom stereocenters. The Balaban J connectivity index is 2.20. The molecular weight excluding hydrogens is 268 g/mol. The second-order valence-electron chi connectivity index (χ2n) is 7.00. The van der Waals surface area contributed by atoms with Crippen LogP contribution in [0.1, 0.15) is 50.5 Å². The van der Waals surface area contributed by atoms with Gasteiger partial charge in [0.25, 0.3) is 0 Å². The average Bonchev–Trinajstić information content (AvgIpc) is 2.87. The van der Waals surface area contributed by atoms with Crippen molar-refractivity contribution in [2.24, 2.45) is 11.3 Å². The van der Waals surface area contributed by atoms with Crippen LogP contribution in [-0.2, 0) is 4.79 Å². The van der Waals surface area contributed by atoms with Gasteiger partial charge < -0.3 is 4.90 Å². The third kappa shape index (κ3) is 3.07. The highest BCUT2D eigenvalue weighted by Crippen LogP contribution is 2.34. The molecule has 0 radical (unpaired) electrons. The van der Waals surface area contributed by atoms with Crippen molar-refractivity contribution >= 4 is 17.2 Å². The fraction of sp³-hybridized carbons (Fsp3) is 0.688. The highest BCUT2D eigenvalue weighted by Gasteiger charge is 2.39.